The van der Waals surface area contributed by atoms with E-state index in [0.717, 1.165) is 0 Å². The number of H-pyrrole nitrogens is 1. The van der Waals surface area contributed by atoms with Crippen molar-refractivity contribution in [2.45, 2.75) is 12.8 Å². The fourth-order valence-corrected chi connectivity index (χ4v) is 1.79. The highest BCUT2D eigenvalue weighted by Gasteiger charge is 2.22. The van der Waals surface area contributed by atoms with Crippen LogP contribution >= 0.6 is 0 Å². The number of benzene rings is 1. The summed E-state index contributed by atoms with van der Waals surface area (Å²) in [5.74, 6) is 1.37. The number of amides is 2. The molecule has 0 spiro atoms. The van der Waals surface area contributed by atoms with Gasteiger partial charge in [0.25, 0.3) is 0 Å². The Morgan fingerprint density at radius 3 is 2.95 bits per heavy atom. The molecule has 0 aliphatic heterocycles. The first-order chi connectivity index (χ1) is 9.81. The zero-order valence-electron chi connectivity index (χ0n) is 10.9. The molecular formula is C14H16N4O2. The fraction of sp³-hybridized carbons (Fsp3) is 0.286. The van der Waals surface area contributed by atoms with Gasteiger partial charge in [0, 0.05) is 6.20 Å². The van der Waals surface area contributed by atoms with Crippen LogP contribution in [0, 0.1) is 5.92 Å². The van der Waals surface area contributed by atoms with Gasteiger partial charge in [-0.25, -0.2) is 4.79 Å². The molecule has 1 aromatic heterocycles. The molecule has 1 aliphatic carbocycles. The van der Waals surface area contributed by atoms with E-state index >= 15 is 0 Å². The van der Waals surface area contributed by atoms with Gasteiger partial charge in [0.2, 0.25) is 0 Å². The Balaban J connectivity index is 1.61. The average molecular weight is 272 g/mol. The van der Waals surface area contributed by atoms with E-state index in [4.69, 9.17) is 4.74 Å². The number of aromatic amines is 1. The molecule has 2 amide bonds. The third-order valence-corrected chi connectivity index (χ3v) is 3.06. The summed E-state index contributed by atoms with van der Waals surface area (Å²) < 4.78 is 5.74. The lowest BCUT2D eigenvalue weighted by Gasteiger charge is -2.12. The fourth-order valence-electron chi connectivity index (χ4n) is 1.79. The van der Waals surface area contributed by atoms with Gasteiger partial charge in [-0.3, -0.25) is 5.10 Å². The van der Waals surface area contributed by atoms with Crippen LogP contribution in [0.15, 0.2) is 36.7 Å². The van der Waals surface area contributed by atoms with Crippen LogP contribution in [-0.4, -0.2) is 22.8 Å². The molecule has 1 fully saturated rings. The molecule has 3 N–H and O–H groups in total. The Hall–Kier alpha value is -2.50. The molecule has 1 saturated carbocycles. The second kappa shape index (κ2) is 5.64. The summed E-state index contributed by atoms with van der Waals surface area (Å²) in [6, 6.07) is 7.10. The second-order valence-electron chi connectivity index (χ2n) is 4.82. The van der Waals surface area contributed by atoms with Crippen molar-refractivity contribution in [1.82, 2.24) is 10.2 Å². The summed E-state index contributed by atoms with van der Waals surface area (Å²) in [7, 11) is 0. The van der Waals surface area contributed by atoms with E-state index in [1.807, 2.05) is 24.3 Å². The highest BCUT2D eigenvalue weighted by atomic mass is 16.5. The van der Waals surface area contributed by atoms with Gasteiger partial charge in [0.15, 0.2) is 0 Å². The first-order valence-electron chi connectivity index (χ1n) is 6.60. The SMILES string of the molecule is O=C(Nc1cn[nH]c1)Nc1ccccc1OCC1CC1. The molecule has 0 bridgehead atoms. The van der Waals surface area contributed by atoms with Crippen molar-refractivity contribution in [3.05, 3.63) is 36.7 Å². The summed E-state index contributed by atoms with van der Waals surface area (Å²) in [6.45, 7) is 0.710. The van der Waals surface area contributed by atoms with Gasteiger partial charge >= 0.3 is 6.03 Å². The molecule has 3 rings (SSSR count). The maximum atomic E-state index is 11.9. The number of ether oxygens (including phenoxy) is 1. The van der Waals surface area contributed by atoms with Gasteiger partial charge in [-0.05, 0) is 30.9 Å². The van der Waals surface area contributed by atoms with Crippen LogP contribution in [0.5, 0.6) is 5.75 Å². The van der Waals surface area contributed by atoms with Gasteiger partial charge in [-0.15, -0.1) is 0 Å². The molecule has 6 heteroatoms. The number of urea groups is 1. The van der Waals surface area contributed by atoms with E-state index < -0.39 is 0 Å². The number of nitrogens with one attached hydrogen (secondary N) is 3. The Bertz CT molecular complexity index is 579. The molecule has 1 aromatic carbocycles. The zero-order chi connectivity index (χ0) is 13.8. The number of rotatable bonds is 5. The van der Waals surface area contributed by atoms with Crippen LogP contribution in [0.2, 0.25) is 0 Å². The molecule has 20 heavy (non-hydrogen) atoms. The van der Waals surface area contributed by atoms with Gasteiger partial charge < -0.3 is 15.4 Å². The van der Waals surface area contributed by atoms with E-state index in [-0.39, 0.29) is 6.03 Å². The smallest absolute Gasteiger partial charge is 0.323 e. The first kappa shape index (κ1) is 12.5. The number of para-hydroxylation sites is 2. The van der Waals surface area contributed by atoms with E-state index in [9.17, 15) is 4.79 Å². The quantitative estimate of drug-likeness (QED) is 0.783. The highest BCUT2D eigenvalue weighted by Crippen LogP contribution is 2.31. The van der Waals surface area contributed by atoms with Crippen LogP contribution in [0.4, 0.5) is 16.2 Å². The summed E-state index contributed by atoms with van der Waals surface area (Å²) in [6.07, 6.45) is 5.61. The van der Waals surface area contributed by atoms with E-state index in [1.54, 1.807) is 6.20 Å². The predicted octanol–water partition coefficient (Wildman–Crippen LogP) is 2.84. The zero-order valence-corrected chi connectivity index (χ0v) is 10.9. The molecule has 104 valence electrons. The molecule has 6 nitrogen and oxygen atoms in total. The Labute approximate surface area is 116 Å². The second-order valence-corrected chi connectivity index (χ2v) is 4.82. The Kier molecular flexibility index (Phi) is 3.54. The van der Waals surface area contributed by atoms with Crippen molar-refractivity contribution >= 4 is 17.4 Å². The summed E-state index contributed by atoms with van der Waals surface area (Å²) in [5, 5.41) is 11.8. The van der Waals surface area contributed by atoms with Gasteiger partial charge in [0.05, 0.1) is 24.2 Å². The Morgan fingerprint density at radius 1 is 1.35 bits per heavy atom. The summed E-state index contributed by atoms with van der Waals surface area (Å²) >= 11 is 0. The highest BCUT2D eigenvalue weighted by molar-refractivity contribution is 6.00. The van der Waals surface area contributed by atoms with Gasteiger partial charge in [0.1, 0.15) is 5.75 Å². The molecule has 0 atom stereocenters. The van der Waals surface area contributed by atoms with Gasteiger partial charge in [-0.2, -0.15) is 5.10 Å². The monoisotopic (exact) mass is 272 g/mol. The third-order valence-electron chi connectivity index (χ3n) is 3.06. The molecule has 1 heterocycles. The number of carbonyl (C=O) groups excluding carboxylic acids is 1. The van der Waals surface area contributed by atoms with Crippen LogP contribution in [0.25, 0.3) is 0 Å². The van der Waals surface area contributed by atoms with Crippen molar-refractivity contribution in [1.29, 1.82) is 0 Å². The number of nitrogens with zero attached hydrogens (tertiary/aromatic N) is 1. The van der Waals surface area contributed by atoms with E-state index in [2.05, 4.69) is 20.8 Å². The number of hydrogen-bond acceptors (Lipinski definition) is 3. The minimum Gasteiger partial charge on any atom is -0.491 e. The minimum absolute atomic E-state index is 0.325. The molecule has 2 aromatic rings. The lowest BCUT2D eigenvalue weighted by atomic mass is 10.3. The number of aromatic nitrogens is 2. The number of anilines is 2. The largest absolute Gasteiger partial charge is 0.491 e. The Morgan fingerprint density at radius 2 is 2.20 bits per heavy atom. The van der Waals surface area contributed by atoms with Crippen molar-refractivity contribution in [3.8, 4) is 5.75 Å². The maximum absolute atomic E-state index is 11.9. The van der Waals surface area contributed by atoms with Crippen LogP contribution in [0.1, 0.15) is 12.8 Å². The lowest BCUT2D eigenvalue weighted by Crippen LogP contribution is -2.19. The predicted molar refractivity (Wildman–Crippen MR) is 75.9 cm³/mol. The lowest BCUT2D eigenvalue weighted by molar-refractivity contribution is 0.261. The number of carbonyl (C=O) groups is 1. The molecule has 0 saturated heterocycles. The average Bonchev–Trinajstić information content (AvgIpc) is 3.14. The van der Waals surface area contributed by atoms with Gasteiger partial charge in [-0.1, -0.05) is 12.1 Å². The standard InChI is InChI=1S/C14H16N4O2/c19-14(17-11-7-15-16-8-11)18-12-3-1-2-4-13(12)20-9-10-5-6-10/h1-4,7-8,10H,5-6,9H2,(H,15,16)(H2,17,18,19). The van der Waals surface area contributed by atoms with E-state index in [1.165, 1.54) is 19.0 Å². The summed E-state index contributed by atoms with van der Waals surface area (Å²) in [4.78, 5) is 11.9. The van der Waals surface area contributed by atoms with Crippen LogP contribution in [-0.2, 0) is 0 Å². The van der Waals surface area contributed by atoms with Crippen molar-refractivity contribution in [2.75, 3.05) is 17.2 Å². The maximum Gasteiger partial charge on any atom is 0.323 e. The van der Waals surface area contributed by atoms with Crippen LogP contribution < -0.4 is 15.4 Å². The normalized spacial score (nSPS) is 13.8. The molecular weight excluding hydrogens is 256 g/mol. The third kappa shape index (κ3) is 3.28. The molecule has 0 unspecified atom stereocenters. The molecule has 0 radical (unpaired) electrons. The van der Waals surface area contributed by atoms with Crippen molar-refractivity contribution in [3.63, 3.8) is 0 Å². The van der Waals surface area contributed by atoms with E-state index in [0.29, 0.717) is 29.6 Å². The summed E-state index contributed by atoms with van der Waals surface area (Å²) in [5.41, 5.74) is 1.27. The minimum atomic E-state index is -0.325. The number of hydrogen-bond donors (Lipinski definition) is 3. The van der Waals surface area contributed by atoms with Crippen molar-refractivity contribution < 1.29 is 9.53 Å². The van der Waals surface area contributed by atoms with Crippen molar-refractivity contribution in [2.24, 2.45) is 5.92 Å². The topological polar surface area (TPSA) is 79.0 Å². The van der Waals surface area contributed by atoms with Crippen LogP contribution in [0.3, 0.4) is 0 Å². The first-order valence-corrected chi connectivity index (χ1v) is 6.60. The molecule has 1 aliphatic rings.